The number of benzene rings is 3. The molecule has 0 saturated heterocycles. The number of amides is 1. The minimum absolute atomic E-state index is 0.0738. The summed E-state index contributed by atoms with van der Waals surface area (Å²) in [6.45, 7) is 5.88. The Kier molecular flexibility index (Phi) is 8.31. The van der Waals surface area contributed by atoms with E-state index >= 15 is 0 Å². The molecule has 1 atom stereocenters. The Hall–Kier alpha value is -3.36. The summed E-state index contributed by atoms with van der Waals surface area (Å²) in [5.74, 6) is 0.175. The van der Waals surface area contributed by atoms with Gasteiger partial charge in [0.2, 0.25) is 0 Å². The fourth-order valence-electron chi connectivity index (χ4n) is 3.03. The van der Waals surface area contributed by atoms with Gasteiger partial charge in [-0.3, -0.25) is 0 Å². The van der Waals surface area contributed by atoms with Crippen LogP contribution in [0.2, 0.25) is 0 Å². The van der Waals surface area contributed by atoms with Crippen LogP contribution in [0.4, 0.5) is 4.79 Å². The molecule has 0 bridgehead atoms. The Morgan fingerprint density at radius 2 is 1.47 bits per heavy atom. The van der Waals surface area contributed by atoms with E-state index in [2.05, 4.69) is 5.32 Å². The predicted molar refractivity (Wildman–Crippen MR) is 129 cm³/mol. The minimum Gasteiger partial charge on any atom is -0.444 e. The molecule has 3 aromatic carbocycles. The van der Waals surface area contributed by atoms with Gasteiger partial charge in [-0.15, -0.1) is 0 Å². The van der Waals surface area contributed by atoms with Crippen molar-refractivity contribution in [1.29, 1.82) is 0 Å². The summed E-state index contributed by atoms with van der Waals surface area (Å²) in [6, 6.07) is 24.1. The maximum Gasteiger partial charge on any atom is 0.407 e. The van der Waals surface area contributed by atoms with E-state index < -0.39 is 27.9 Å². The van der Waals surface area contributed by atoms with Crippen LogP contribution in [0.25, 0.3) is 0 Å². The summed E-state index contributed by atoms with van der Waals surface area (Å²) in [6.07, 6.45) is -1.04. The summed E-state index contributed by atoms with van der Waals surface area (Å²) < 4.78 is 41.6. The van der Waals surface area contributed by atoms with Gasteiger partial charge in [-0.2, -0.15) is 8.42 Å². The maximum atomic E-state index is 12.5. The van der Waals surface area contributed by atoms with E-state index in [1.54, 1.807) is 63.2 Å². The van der Waals surface area contributed by atoms with Crippen LogP contribution >= 0.6 is 0 Å². The second kappa shape index (κ2) is 11.2. The van der Waals surface area contributed by atoms with Crippen molar-refractivity contribution in [3.05, 3.63) is 96.1 Å². The molecule has 0 saturated carbocycles. The van der Waals surface area contributed by atoms with Crippen molar-refractivity contribution in [1.82, 2.24) is 5.32 Å². The number of carbonyl (C=O) groups excluding carboxylic acids is 1. The van der Waals surface area contributed by atoms with Gasteiger partial charge < -0.3 is 19.0 Å². The lowest BCUT2D eigenvalue weighted by molar-refractivity contribution is 0.0273. The zero-order valence-corrected chi connectivity index (χ0v) is 20.2. The molecule has 8 heteroatoms. The van der Waals surface area contributed by atoms with Crippen LogP contribution in [0.5, 0.6) is 5.75 Å². The van der Waals surface area contributed by atoms with E-state index in [0.29, 0.717) is 6.61 Å². The van der Waals surface area contributed by atoms with E-state index in [-0.39, 0.29) is 17.2 Å². The molecule has 0 fully saturated rings. The number of carbonyl (C=O) groups is 1. The van der Waals surface area contributed by atoms with Gasteiger partial charge in [-0.05, 0) is 56.2 Å². The van der Waals surface area contributed by atoms with Crippen molar-refractivity contribution in [3.63, 3.8) is 0 Å². The monoisotopic (exact) mass is 483 g/mol. The third kappa shape index (κ3) is 7.90. The van der Waals surface area contributed by atoms with Gasteiger partial charge in [0, 0.05) is 0 Å². The molecule has 0 aromatic heterocycles. The average molecular weight is 484 g/mol. The van der Waals surface area contributed by atoms with E-state index in [1.807, 2.05) is 30.3 Å². The highest BCUT2D eigenvalue weighted by Crippen LogP contribution is 2.24. The molecule has 0 spiro atoms. The molecule has 3 rings (SSSR count). The van der Waals surface area contributed by atoms with Crippen LogP contribution in [0.1, 0.15) is 38.0 Å². The van der Waals surface area contributed by atoms with E-state index in [1.165, 1.54) is 12.1 Å². The largest absolute Gasteiger partial charge is 0.444 e. The summed E-state index contributed by atoms with van der Waals surface area (Å²) in [4.78, 5) is 12.2. The standard InChI is InChI=1S/C26H29NO6S/c1-26(2,3)32-25(28)27-18-24(31-19-20-10-6-4-7-11-20)21-14-16-22(17-15-21)33-34(29,30)23-12-8-5-9-13-23/h4-17,24H,18-19H2,1-3H3,(H,27,28). The van der Waals surface area contributed by atoms with Crippen LogP contribution in [-0.4, -0.2) is 26.7 Å². The highest BCUT2D eigenvalue weighted by molar-refractivity contribution is 7.87. The third-order valence-corrected chi connectivity index (χ3v) is 5.88. The van der Waals surface area contributed by atoms with Crippen LogP contribution in [0.15, 0.2) is 89.8 Å². The summed E-state index contributed by atoms with van der Waals surface area (Å²) >= 11 is 0. The second-order valence-corrected chi connectivity index (χ2v) is 10.1. The molecule has 1 N–H and O–H groups in total. The van der Waals surface area contributed by atoms with Crippen LogP contribution in [0.3, 0.4) is 0 Å². The fourth-order valence-corrected chi connectivity index (χ4v) is 3.99. The summed E-state index contributed by atoms with van der Waals surface area (Å²) in [7, 11) is -3.94. The topological polar surface area (TPSA) is 90.9 Å². The number of ether oxygens (including phenoxy) is 2. The fraction of sp³-hybridized carbons (Fsp3) is 0.269. The molecule has 1 amide bonds. The highest BCUT2D eigenvalue weighted by atomic mass is 32.2. The molecular weight excluding hydrogens is 454 g/mol. The number of hydrogen-bond acceptors (Lipinski definition) is 6. The minimum atomic E-state index is -3.94. The quantitative estimate of drug-likeness (QED) is 0.419. The SMILES string of the molecule is CC(C)(C)OC(=O)NCC(OCc1ccccc1)c1ccc(OS(=O)(=O)c2ccccc2)cc1. The van der Waals surface area contributed by atoms with Crippen molar-refractivity contribution < 1.29 is 26.9 Å². The number of hydrogen-bond donors (Lipinski definition) is 1. The summed E-state index contributed by atoms with van der Waals surface area (Å²) in [5, 5.41) is 2.74. The average Bonchev–Trinajstić information content (AvgIpc) is 2.80. The van der Waals surface area contributed by atoms with Gasteiger partial charge in [0.05, 0.1) is 13.2 Å². The first kappa shape index (κ1) is 25.3. The predicted octanol–water partition coefficient (Wildman–Crippen LogP) is 5.24. The molecule has 0 heterocycles. The first-order valence-corrected chi connectivity index (χ1v) is 12.3. The normalized spacial score (nSPS) is 12.6. The van der Waals surface area contributed by atoms with Crippen molar-refractivity contribution in [3.8, 4) is 5.75 Å². The lowest BCUT2D eigenvalue weighted by atomic mass is 10.1. The van der Waals surface area contributed by atoms with Crippen LogP contribution < -0.4 is 9.50 Å². The van der Waals surface area contributed by atoms with E-state index in [9.17, 15) is 13.2 Å². The molecule has 1 unspecified atom stereocenters. The van der Waals surface area contributed by atoms with Crippen molar-refractivity contribution >= 4 is 16.2 Å². The molecule has 34 heavy (non-hydrogen) atoms. The van der Waals surface area contributed by atoms with Crippen LogP contribution in [-0.2, 0) is 26.2 Å². The van der Waals surface area contributed by atoms with Gasteiger partial charge in [0.25, 0.3) is 0 Å². The Balaban J connectivity index is 1.71. The van der Waals surface area contributed by atoms with Gasteiger partial charge >= 0.3 is 16.2 Å². The first-order chi connectivity index (χ1) is 16.1. The molecule has 180 valence electrons. The Labute approximate surface area is 200 Å². The number of alkyl carbamates (subject to hydrolysis) is 1. The van der Waals surface area contributed by atoms with Gasteiger partial charge in [-0.1, -0.05) is 60.7 Å². The molecule has 0 radical (unpaired) electrons. The Morgan fingerprint density at radius 3 is 2.06 bits per heavy atom. The lowest BCUT2D eigenvalue weighted by Gasteiger charge is -2.23. The number of rotatable bonds is 9. The maximum absolute atomic E-state index is 12.5. The Bertz CT molecular complexity index is 1160. The van der Waals surface area contributed by atoms with Gasteiger partial charge in [0.15, 0.2) is 0 Å². The van der Waals surface area contributed by atoms with Crippen molar-refractivity contribution in [2.45, 2.75) is 44.0 Å². The zero-order chi connectivity index (χ0) is 24.6. The zero-order valence-electron chi connectivity index (χ0n) is 19.4. The van der Waals surface area contributed by atoms with E-state index in [0.717, 1.165) is 11.1 Å². The Morgan fingerprint density at radius 1 is 0.882 bits per heavy atom. The molecule has 3 aromatic rings. The first-order valence-electron chi connectivity index (χ1n) is 10.8. The van der Waals surface area contributed by atoms with Crippen molar-refractivity contribution in [2.24, 2.45) is 0 Å². The molecule has 0 aliphatic rings. The highest BCUT2D eigenvalue weighted by Gasteiger charge is 2.20. The van der Waals surface area contributed by atoms with Crippen molar-refractivity contribution in [2.75, 3.05) is 6.54 Å². The van der Waals surface area contributed by atoms with Gasteiger partial charge in [-0.25, -0.2) is 4.79 Å². The molecule has 7 nitrogen and oxygen atoms in total. The second-order valence-electron chi connectivity index (χ2n) is 8.59. The third-order valence-electron chi connectivity index (χ3n) is 4.61. The van der Waals surface area contributed by atoms with E-state index in [4.69, 9.17) is 13.7 Å². The number of nitrogens with one attached hydrogen (secondary N) is 1. The summed E-state index contributed by atoms with van der Waals surface area (Å²) in [5.41, 5.74) is 1.11. The smallest absolute Gasteiger partial charge is 0.407 e. The lowest BCUT2D eigenvalue weighted by Crippen LogP contribution is -2.35. The molecular formula is C26H29NO6S. The van der Waals surface area contributed by atoms with Gasteiger partial charge in [0.1, 0.15) is 22.4 Å². The van der Waals surface area contributed by atoms with Crippen LogP contribution in [0, 0.1) is 0 Å². The molecule has 0 aliphatic heterocycles. The molecule has 0 aliphatic carbocycles.